The smallest absolute Gasteiger partial charge is 0.251 e. The average Bonchev–Trinajstić information content (AvgIpc) is 3.29. The zero-order valence-corrected chi connectivity index (χ0v) is 17.9. The molecule has 2 N–H and O–H groups in total. The summed E-state index contributed by atoms with van der Waals surface area (Å²) in [5.41, 5.74) is 2.68. The monoisotopic (exact) mass is 438 g/mol. The van der Waals surface area contributed by atoms with Gasteiger partial charge in [0.15, 0.2) is 0 Å². The second-order valence-corrected chi connectivity index (χ2v) is 7.30. The SMILES string of the molecule is CCc1nn2c(c1-c1ccc(F)cc1)NC(=O)C2CC(=O)Nc1cc(OC)ccc1OC. The Labute approximate surface area is 184 Å². The summed E-state index contributed by atoms with van der Waals surface area (Å²) in [6.45, 7) is 1.95. The Hall–Kier alpha value is -3.88. The average molecular weight is 438 g/mol. The number of hydrogen-bond donors (Lipinski definition) is 2. The predicted molar refractivity (Wildman–Crippen MR) is 117 cm³/mol. The number of nitrogens with zero attached hydrogens (tertiary/aromatic N) is 2. The number of anilines is 2. The number of ether oxygens (including phenoxy) is 2. The Bertz CT molecular complexity index is 1170. The van der Waals surface area contributed by atoms with Crippen LogP contribution in [0, 0.1) is 5.82 Å². The summed E-state index contributed by atoms with van der Waals surface area (Å²) in [6.07, 6.45) is 0.495. The fourth-order valence-electron chi connectivity index (χ4n) is 3.77. The van der Waals surface area contributed by atoms with E-state index in [9.17, 15) is 14.0 Å². The van der Waals surface area contributed by atoms with Crippen molar-refractivity contribution in [3.05, 3.63) is 54.0 Å². The van der Waals surface area contributed by atoms with Crippen LogP contribution in [0.2, 0.25) is 0 Å². The number of carbonyl (C=O) groups excluding carboxylic acids is 2. The maximum Gasteiger partial charge on any atom is 0.251 e. The first-order valence-corrected chi connectivity index (χ1v) is 10.1. The fraction of sp³-hybridized carbons (Fsp3) is 0.261. The molecule has 4 rings (SSSR count). The molecule has 0 fully saturated rings. The Balaban J connectivity index is 1.60. The quantitative estimate of drug-likeness (QED) is 0.585. The zero-order chi connectivity index (χ0) is 22.8. The molecule has 0 aliphatic carbocycles. The van der Waals surface area contributed by atoms with Crippen LogP contribution in [0.15, 0.2) is 42.5 Å². The fourth-order valence-corrected chi connectivity index (χ4v) is 3.77. The van der Waals surface area contributed by atoms with Gasteiger partial charge in [0.1, 0.15) is 29.2 Å². The molecule has 2 aromatic carbocycles. The standard InChI is InChI=1S/C23H23FN4O4/c1-4-16-21(13-5-7-14(24)8-6-13)22-26-23(30)18(28(22)27-16)12-20(29)25-17-11-15(31-2)9-10-19(17)32-3/h5-11,18H,4,12H2,1-3H3,(H,25,29)(H,26,30). The Morgan fingerprint density at radius 2 is 1.94 bits per heavy atom. The second-order valence-electron chi connectivity index (χ2n) is 7.30. The molecule has 0 radical (unpaired) electrons. The van der Waals surface area contributed by atoms with Crippen LogP contribution in [-0.4, -0.2) is 35.8 Å². The van der Waals surface area contributed by atoms with Crippen molar-refractivity contribution in [3.8, 4) is 22.6 Å². The molecule has 1 atom stereocenters. The van der Waals surface area contributed by atoms with Gasteiger partial charge in [0.05, 0.1) is 32.0 Å². The van der Waals surface area contributed by atoms with E-state index in [4.69, 9.17) is 9.47 Å². The van der Waals surface area contributed by atoms with Gasteiger partial charge in [0, 0.05) is 11.6 Å². The highest BCUT2D eigenvalue weighted by atomic mass is 19.1. The molecule has 8 nitrogen and oxygen atoms in total. The molecule has 0 bridgehead atoms. The van der Waals surface area contributed by atoms with Gasteiger partial charge in [-0.3, -0.25) is 9.59 Å². The van der Waals surface area contributed by atoms with Crippen molar-refractivity contribution >= 4 is 23.3 Å². The van der Waals surface area contributed by atoms with Crippen LogP contribution in [0.25, 0.3) is 11.1 Å². The maximum atomic E-state index is 13.4. The highest BCUT2D eigenvalue weighted by Gasteiger charge is 2.36. The van der Waals surface area contributed by atoms with Gasteiger partial charge in [-0.25, -0.2) is 9.07 Å². The van der Waals surface area contributed by atoms with Gasteiger partial charge in [-0.15, -0.1) is 0 Å². The van der Waals surface area contributed by atoms with Crippen molar-refractivity contribution in [2.24, 2.45) is 0 Å². The van der Waals surface area contributed by atoms with Gasteiger partial charge in [-0.1, -0.05) is 19.1 Å². The molecule has 2 heterocycles. The van der Waals surface area contributed by atoms with E-state index in [0.29, 0.717) is 29.4 Å². The predicted octanol–water partition coefficient (Wildman–Crippen LogP) is 3.79. The third-order valence-electron chi connectivity index (χ3n) is 5.35. The van der Waals surface area contributed by atoms with Gasteiger partial charge < -0.3 is 20.1 Å². The van der Waals surface area contributed by atoms with Crippen LogP contribution >= 0.6 is 0 Å². The molecule has 32 heavy (non-hydrogen) atoms. The number of benzene rings is 2. The lowest BCUT2D eigenvalue weighted by molar-refractivity contribution is -0.123. The molecule has 0 saturated carbocycles. The molecule has 0 spiro atoms. The number of halogens is 1. The summed E-state index contributed by atoms with van der Waals surface area (Å²) in [5.74, 6) is 0.498. The lowest BCUT2D eigenvalue weighted by Crippen LogP contribution is -2.24. The van der Waals surface area contributed by atoms with Gasteiger partial charge >= 0.3 is 0 Å². The number of carbonyl (C=O) groups is 2. The Morgan fingerprint density at radius 1 is 1.19 bits per heavy atom. The van der Waals surface area contributed by atoms with E-state index in [2.05, 4.69) is 15.7 Å². The lowest BCUT2D eigenvalue weighted by atomic mass is 10.0. The van der Waals surface area contributed by atoms with Gasteiger partial charge in [-0.2, -0.15) is 5.10 Å². The number of methoxy groups -OCH3 is 2. The molecule has 0 saturated heterocycles. The first kappa shape index (κ1) is 21.4. The minimum atomic E-state index is -0.805. The second kappa shape index (κ2) is 8.70. The van der Waals surface area contributed by atoms with Crippen LogP contribution in [0.1, 0.15) is 25.1 Å². The summed E-state index contributed by atoms with van der Waals surface area (Å²) in [7, 11) is 3.03. The van der Waals surface area contributed by atoms with Crippen molar-refractivity contribution in [3.63, 3.8) is 0 Å². The van der Waals surface area contributed by atoms with Crippen LogP contribution in [0.5, 0.6) is 11.5 Å². The third kappa shape index (κ3) is 3.89. The van der Waals surface area contributed by atoms with E-state index in [1.165, 1.54) is 26.4 Å². The van der Waals surface area contributed by atoms with E-state index in [-0.39, 0.29) is 24.1 Å². The van der Waals surface area contributed by atoms with Crippen LogP contribution in [-0.2, 0) is 16.0 Å². The summed E-state index contributed by atoms with van der Waals surface area (Å²) in [6, 6.07) is 10.3. The molecule has 1 aromatic heterocycles. The van der Waals surface area contributed by atoms with Crippen molar-refractivity contribution in [2.45, 2.75) is 25.8 Å². The number of fused-ring (bicyclic) bond motifs is 1. The van der Waals surface area contributed by atoms with E-state index in [1.54, 1.807) is 35.0 Å². The van der Waals surface area contributed by atoms with Crippen LogP contribution < -0.4 is 20.1 Å². The normalized spacial score (nSPS) is 14.6. The molecule has 166 valence electrons. The molecule has 3 aromatic rings. The zero-order valence-electron chi connectivity index (χ0n) is 17.9. The van der Waals surface area contributed by atoms with Crippen molar-refractivity contribution in [2.75, 3.05) is 24.9 Å². The van der Waals surface area contributed by atoms with Gasteiger partial charge in [0.25, 0.3) is 5.91 Å². The maximum absolute atomic E-state index is 13.4. The number of rotatable bonds is 7. The molecular formula is C23H23FN4O4. The number of aromatic nitrogens is 2. The van der Waals surface area contributed by atoms with E-state index in [0.717, 1.165) is 16.8 Å². The number of aryl methyl sites for hydroxylation is 1. The Morgan fingerprint density at radius 3 is 2.59 bits per heavy atom. The minimum absolute atomic E-state index is 0.118. The largest absolute Gasteiger partial charge is 0.497 e. The molecule has 9 heteroatoms. The van der Waals surface area contributed by atoms with Gasteiger partial charge in [-0.05, 0) is 36.2 Å². The van der Waals surface area contributed by atoms with E-state index >= 15 is 0 Å². The molecule has 2 amide bonds. The number of nitrogens with one attached hydrogen (secondary N) is 2. The lowest BCUT2D eigenvalue weighted by Gasteiger charge is -2.13. The number of amides is 2. The van der Waals surface area contributed by atoms with Crippen molar-refractivity contribution in [1.82, 2.24) is 9.78 Å². The van der Waals surface area contributed by atoms with Crippen LogP contribution in [0.4, 0.5) is 15.9 Å². The van der Waals surface area contributed by atoms with E-state index < -0.39 is 6.04 Å². The van der Waals surface area contributed by atoms with Gasteiger partial charge in [0.2, 0.25) is 5.91 Å². The summed E-state index contributed by atoms with van der Waals surface area (Å²) < 4.78 is 25.4. The number of hydrogen-bond acceptors (Lipinski definition) is 5. The highest BCUT2D eigenvalue weighted by Crippen LogP contribution is 2.39. The first-order chi connectivity index (χ1) is 15.4. The van der Waals surface area contributed by atoms with Crippen LogP contribution in [0.3, 0.4) is 0 Å². The summed E-state index contributed by atoms with van der Waals surface area (Å²) in [5, 5.41) is 10.2. The molecule has 1 aliphatic rings. The molecule has 1 unspecified atom stereocenters. The third-order valence-corrected chi connectivity index (χ3v) is 5.35. The van der Waals surface area contributed by atoms with E-state index in [1.807, 2.05) is 6.92 Å². The Kier molecular flexibility index (Phi) is 5.81. The topological polar surface area (TPSA) is 94.5 Å². The van der Waals surface area contributed by atoms with Crippen molar-refractivity contribution in [1.29, 1.82) is 0 Å². The molecule has 1 aliphatic heterocycles. The minimum Gasteiger partial charge on any atom is -0.497 e. The first-order valence-electron chi connectivity index (χ1n) is 10.1. The van der Waals surface area contributed by atoms with Crippen molar-refractivity contribution < 1.29 is 23.5 Å². The summed E-state index contributed by atoms with van der Waals surface area (Å²) in [4.78, 5) is 25.5. The summed E-state index contributed by atoms with van der Waals surface area (Å²) >= 11 is 0. The highest BCUT2D eigenvalue weighted by molar-refractivity contribution is 6.04. The molecular weight excluding hydrogens is 415 g/mol.